The van der Waals surface area contributed by atoms with Gasteiger partial charge < -0.3 is 10.6 Å². The van der Waals surface area contributed by atoms with Crippen LogP contribution < -0.4 is 5.73 Å². The monoisotopic (exact) mass is 434 g/mol. The largest absolute Gasteiger partial charge is 0.367 e. The molecular weight excluding hydrogens is 408 g/mol. The van der Waals surface area contributed by atoms with Gasteiger partial charge in [0.1, 0.15) is 6.33 Å². The highest BCUT2D eigenvalue weighted by Gasteiger charge is 2.42. The molecule has 3 aromatic rings. The van der Waals surface area contributed by atoms with Gasteiger partial charge in [-0.05, 0) is 41.9 Å². The van der Waals surface area contributed by atoms with Crippen molar-refractivity contribution in [3.8, 4) is 11.3 Å². The van der Waals surface area contributed by atoms with E-state index in [2.05, 4.69) is 69.4 Å². The summed E-state index contributed by atoms with van der Waals surface area (Å²) >= 11 is 1.53. The predicted octanol–water partition coefficient (Wildman–Crippen LogP) is 4.15. The molecule has 0 radical (unpaired) electrons. The molecule has 160 valence electrons. The Labute approximate surface area is 185 Å². The minimum absolute atomic E-state index is 0.0669. The zero-order valence-electron chi connectivity index (χ0n) is 17.9. The number of primary amides is 1. The second-order valence-electron chi connectivity index (χ2n) is 9.23. The Bertz CT molecular complexity index is 1190. The van der Waals surface area contributed by atoms with Crippen molar-refractivity contribution in [2.24, 2.45) is 11.1 Å². The number of nitrogens with one attached hydrogen (secondary N) is 1. The molecule has 31 heavy (non-hydrogen) atoms. The molecule has 1 unspecified atom stereocenters. The number of carbonyl (C=O) groups is 1. The lowest BCUT2D eigenvalue weighted by Crippen LogP contribution is -2.44. The van der Waals surface area contributed by atoms with E-state index in [4.69, 9.17) is 5.73 Å². The standard InChI is InChI=1S/C23H26N6OS/c1-23(2,3)18-11-31-22(20(24)30)29(18)17-6-4-5-13-9-14(7-8-15(13)17)19-16-10-27-28-21(16)26-12-25-19/h7-12,17,22H,4-6H2,1-3H3,(H2,24,30)(H,25,26,27,28)/t17?,22-/m1/s1. The molecule has 2 aliphatic rings. The zero-order valence-corrected chi connectivity index (χ0v) is 18.7. The van der Waals surface area contributed by atoms with Crippen molar-refractivity contribution >= 4 is 28.7 Å². The quantitative estimate of drug-likeness (QED) is 0.642. The van der Waals surface area contributed by atoms with Gasteiger partial charge in [-0.1, -0.05) is 44.7 Å². The Morgan fingerprint density at radius 1 is 1.29 bits per heavy atom. The van der Waals surface area contributed by atoms with Gasteiger partial charge in [0.15, 0.2) is 11.0 Å². The number of H-pyrrole nitrogens is 1. The first-order valence-corrected chi connectivity index (χ1v) is 11.5. The predicted molar refractivity (Wildman–Crippen MR) is 123 cm³/mol. The Morgan fingerprint density at radius 2 is 2.13 bits per heavy atom. The summed E-state index contributed by atoms with van der Waals surface area (Å²) < 4.78 is 0. The molecular formula is C23H26N6OS. The fourth-order valence-corrected chi connectivity index (χ4v) is 5.96. The number of hydrogen-bond acceptors (Lipinski definition) is 6. The highest BCUT2D eigenvalue weighted by molar-refractivity contribution is 8.03. The number of aromatic amines is 1. The molecule has 0 saturated heterocycles. The van der Waals surface area contributed by atoms with Crippen LogP contribution in [-0.4, -0.2) is 36.3 Å². The van der Waals surface area contributed by atoms with Gasteiger partial charge in [0.2, 0.25) is 0 Å². The van der Waals surface area contributed by atoms with Crippen molar-refractivity contribution in [1.82, 2.24) is 25.1 Å². The highest BCUT2D eigenvalue weighted by Crippen LogP contribution is 2.48. The fourth-order valence-electron chi connectivity index (χ4n) is 4.70. The molecule has 8 heteroatoms. The summed E-state index contributed by atoms with van der Waals surface area (Å²) in [6.07, 6.45) is 6.42. The topological polar surface area (TPSA) is 101 Å². The number of fused-ring (bicyclic) bond motifs is 2. The van der Waals surface area contributed by atoms with Gasteiger partial charge in [0.25, 0.3) is 5.91 Å². The van der Waals surface area contributed by atoms with E-state index < -0.39 is 0 Å². The van der Waals surface area contributed by atoms with Crippen molar-refractivity contribution in [3.05, 3.63) is 53.0 Å². The highest BCUT2D eigenvalue weighted by atomic mass is 32.2. The van der Waals surface area contributed by atoms with E-state index in [0.29, 0.717) is 0 Å². The molecule has 2 aromatic heterocycles. The third kappa shape index (κ3) is 3.39. The summed E-state index contributed by atoms with van der Waals surface area (Å²) in [7, 11) is 0. The molecule has 1 aliphatic heterocycles. The molecule has 1 amide bonds. The van der Waals surface area contributed by atoms with Crippen LogP contribution in [0, 0.1) is 5.41 Å². The smallest absolute Gasteiger partial charge is 0.251 e. The minimum atomic E-state index is -0.364. The Morgan fingerprint density at radius 3 is 2.90 bits per heavy atom. The number of benzene rings is 1. The number of allylic oxidation sites excluding steroid dienone is 1. The Balaban J connectivity index is 1.57. The SMILES string of the molecule is CC(C)(C)C1=CS[C@H](C(N)=O)N1C1CCCc2cc(-c3ncnc4[nH]ncc34)ccc21. The van der Waals surface area contributed by atoms with Crippen LogP contribution in [0.1, 0.15) is 50.8 Å². The van der Waals surface area contributed by atoms with Crippen molar-refractivity contribution < 1.29 is 4.79 Å². The molecule has 3 N–H and O–H groups in total. The molecule has 2 atom stereocenters. The molecule has 0 bridgehead atoms. The van der Waals surface area contributed by atoms with Gasteiger partial charge >= 0.3 is 0 Å². The summed E-state index contributed by atoms with van der Waals surface area (Å²) in [6, 6.07) is 6.69. The van der Waals surface area contributed by atoms with E-state index in [9.17, 15) is 4.79 Å². The van der Waals surface area contributed by atoms with Crippen molar-refractivity contribution in [2.45, 2.75) is 51.4 Å². The van der Waals surface area contributed by atoms with Crippen LogP contribution in [0.25, 0.3) is 22.3 Å². The van der Waals surface area contributed by atoms with Crippen LogP contribution in [-0.2, 0) is 11.2 Å². The van der Waals surface area contributed by atoms with Crippen LogP contribution in [0.5, 0.6) is 0 Å². The van der Waals surface area contributed by atoms with Crippen LogP contribution in [0.2, 0.25) is 0 Å². The first-order chi connectivity index (χ1) is 14.8. The Hall–Kier alpha value is -2.87. The first-order valence-electron chi connectivity index (χ1n) is 10.6. The third-order valence-electron chi connectivity index (χ3n) is 6.13. The number of nitrogens with zero attached hydrogens (tertiary/aromatic N) is 4. The number of amides is 1. The first kappa shape index (κ1) is 20.1. The fraction of sp³-hybridized carbons (Fsp3) is 0.391. The molecule has 0 fully saturated rings. The Kier molecular flexibility index (Phi) is 4.77. The molecule has 0 saturated carbocycles. The van der Waals surface area contributed by atoms with E-state index >= 15 is 0 Å². The summed E-state index contributed by atoms with van der Waals surface area (Å²) in [5, 5.41) is 9.69. The van der Waals surface area contributed by atoms with Crippen molar-refractivity contribution in [1.29, 1.82) is 0 Å². The van der Waals surface area contributed by atoms with Gasteiger partial charge in [-0.15, -0.1) is 0 Å². The normalized spacial score (nSPS) is 21.3. The van der Waals surface area contributed by atoms with E-state index in [-0.39, 0.29) is 22.7 Å². The summed E-state index contributed by atoms with van der Waals surface area (Å²) in [6.45, 7) is 6.57. The second kappa shape index (κ2) is 7.37. The number of aromatic nitrogens is 4. The number of aryl methyl sites for hydroxylation is 1. The number of nitrogens with two attached hydrogens (primary N) is 1. The summed E-state index contributed by atoms with van der Waals surface area (Å²) in [5.74, 6) is -0.285. The third-order valence-corrected chi connectivity index (χ3v) is 7.21. The lowest BCUT2D eigenvalue weighted by atomic mass is 9.83. The van der Waals surface area contributed by atoms with Crippen LogP contribution in [0.3, 0.4) is 0 Å². The minimum Gasteiger partial charge on any atom is -0.367 e. The summed E-state index contributed by atoms with van der Waals surface area (Å²) in [4.78, 5) is 23.3. The number of thioether (sulfide) groups is 1. The van der Waals surface area contributed by atoms with Gasteiger partial charge in [0.05, 0.1) is 23.3 Å². The lowest BCUT2D eigenvalue weighted by molar-refractivity contribution is -0.120. The average molecular weight is 435 g/mol. The average Bonchev–Trinajstić information content (AvgIpc) is 3.39. The van der Waals surface area contributed by atoms with Crippen molar-refractivity contribution in [2.75, 3.05) is 0 Å². The molecule has 1 aliphatic carbocycles. The van der Waals surface area contributed by atoms with Crippen LogP contribution in [0.15, 0.2) is 41.8 Å². The maximum Gasteiger partial charge on any atom is 0.251 e. The van der Waals surface area contributed by atoms with E-state index in [1.807, 2.05) is 0 Å². The zero-order chi connectivity index (χ0) is 21.8. The molecule has 3 heterocycles. The van der Waals surface area contributed by atoms with E-state index in [1.54, 1.807) is 12.5 Å². The van der Waals surface area contributed by atoms with E-state index in [1.165, 1.54) is 28.6 Å². The summed E-state index contributed by atoms with van der Waals surface area (Å²) in [5.41, 5.74) is 12.2. The van der Waals surface area contributed by atoms with Crippen LogP contribution >= 0.6 is 11.8 Å². The maximum absolute atomic E-state index is 12.3. The van der Waals surface area contributed by atoms with Gasteiger partial charge in [-0.2, -0.15) is 5.10 Å². The molecule has 1 aromatic carbocycles. The van der Waals surface area contributed by atoms with Gasteiger partial charge in [0, 0.05) is 16.7 Å². The maximum atomic E-state index is 12.3. The lowest BCUT2D eigenvalue weighted by Gasteiger charge is -2.42. The second-order valence-corrected chi connectivity index (χ2v) is 10.2. The van der Waals surface area contributed by atoms with Gasteiger partial charge in [-0.25, -0.2) is 9.97 Å². The number of hydrogen-bond donors (Lipinski definition) is 2. The molecule has 7 nitrogen and oxygen atoms in total. The van der Waals surface area contributed by atoms with Crippen molar-refractivity contribution in [3.63, 3.8) is 0 Å². The van der Waals surface area contributed by atoms with E-state index in [0.717, 1.165) is 41.6 Å². The number of rotatable bonds is 3. The molecule has 0 spiro atoms. The van der Waals surface area contributed by atoms with Crippen LogP contribution in [0.4, 0.5) is 0 Å². The van der Waals surface area contributed by atoms with Gasteiger partial charge in [-0.3, -0.25) is 9.89 Å². The number of carbonyl (C=O) groups excluding carboxylic acids is 1. The molecule has 5 rings (SSSR count).